The van der Waals surface area contributed by atoms with Crippen molar-refractivity contribution in [1.82, 2.24) is 9.78 Å². The van der Waals surface area contributed by atoms with Gasteiger partial charge in [0.25, 0.3) is 0 Å². The van der Waals surface area contributed by atoms with Crippen LogP contribution in [0.15, 0.2) is 23.4 Å². The molecule has 2 rings (SSSR count). The molecule has 5 nitrogen and oxygen atoms in total. The summed E-state index contributed by atoms with van der Waals surface area (Å²) in [6.45, 7) is 6.49. The van der Waals surface area contributed by atoms with Gasteiger partial charge in [-0.25, -0.2) is 4.39 Å². The van der Waals surface area contributed by atoms with E-state index in [0.717, 1.165) is 17.8 Å². The first-order valence-corrected chi connectivity index (χ1v) is 6.76. The molecular formula is C15H19FN4O. The Morgan fingerprint density at radius 1 is 1.38 bits per heavy atom. The SMILES string of the molecule is CCc1c(C)nn(Cc2cc(F)cc(/C(N)=N/O)c2)c1C. The van der Waals surface area contributed by atoms with Crippen molar-refractivity contribution in [3.8, 4) is 0 Å². The van der Waals surface area contributed by atoms with Gasteiger partial charge in [-0.3, -0.25) is 4.68 Å². The lowest BCUT2D eigenvalue weighted by molar-refractivity contribution is 0.318. The summed E-state index contributed by atoms with van der Waals surface area (Å²) in [5, 5.41) is 16.1. The average molecular weight is 290 g/mol. The van der Waals surface area contributed by atoms with Crippen LogP contribution in [0, 0.1) is 19.7 Å². The largest absolute Gasteiger partial charge is 0.409 e. The van der Waals surface area contributed by atoms with Gasteiger partial charge in [0.05, 0.1) is 12.2 Å². The second-order valence-corrected chi connectivity index (χ2v) is 4.99. The van der Waals surface area contributed by atoms with Crippen molar-refractivity contribution >= 4 is 5.84 Å². The molecule has 0 saturated carbocycles. The number of nitrogens with two attached hydrogens (primary N) is 1. The average Bonchev–Trinajstić information content (AvgIpc) is 2.71. The van der Waals surface area contributed by atoms with Crippen LogP contribution in [0.3, 0.4) is 0 Å². The Balaban J connectivity index is 2.38. The first-order chi connectivity index (χ1) is 9.96. The van der Waals surface area contributed by atoms with Crippen molar-refractivity contribution in [1.29, 1.82) is 0 Å². The van der Waals surface area contributed by atoms with E-state index < -0.39 is 5.82 Å². The van der Waals surface area contributed by atoms with Crippen LogP contribution < -0.4 is 5.73 Å². The minimum absolute atomic E-state index is 0.113. The number of nitrogens with zero attached hydrogens (tertiary/aromatic N) is 3. The predicted molar refractivity (Wildman–Crippen MR) is 79.1 cm³/mol. The molecule has 1 aromatic heterocycles. The molecule has 3 N–H and O–H groups in total. The van der Waals surface area contributed by atoms with Crippen LogP contribution in [0.4, 0.5) is 4.39 Å². The summed E-state index contributed by atoms with van der Waals surface area (Å²) < 4.78 is 15.5. The van der Waals surface area contributed by atoms with E-state index in [2.05, 4.69) is 17.2 Å². The molecule has 0 aliphatic rings. The fourth-order valence-electron chi connectivity index (χ4n) is 2.52. The van der Waals surface area contributed by atoms with Crippen LogP contribution in [0.5, 0.6) is 0 Å². The number of benzene rings is 1. The van der Waals surface area contributed by atoms with E-state index in [0.29, 0.717) is 17.7 Å². The highest BCUT2D eigenvalue weighted by molar-refractivity contribution is 5.97. The zero-order valence-corrected chi connectivity index (χ0v) is 12.4. The van der Waals surface area contributed by atoms with Crippen molar-refractivity contribution in [2.45, 2.75) is 33.7 Å². The van der Waals surface area contributed by atoms with Crippen LogP contribution in [-0.2, 0) is 13.0 Å². The Morgan fingerprint density at radius 3 is 2.67 bits per heavy atom. The van der Waals surface area contributed by atoms with Crippen LogP contribution in [0.2, 0.25) is 0 Å². The number of oxime groups is 1. The quantitative estimate of drug-likeness (QED) is 0.393. The molecule has 0 aliphatic heterocycles. The number of aryl methyl sites for hydroxylation is 1. The molecule has 0 atom stereocenters. The Labute approximate surface area is 122 Å². The summed E-state index contributed by atoms with van der Waals surface area (Å²) in [6.07, 6.45) is 0.913. The van der Waals surface area contributed by atoms with Gasteiger partial charge in [0, 0.05) is 11.3 Å². The highest BCUT2D eigenvalue weighted by Gasteiger charge is 2.11. The topological polar surface area (TPSA) is 76.4 Å². The molecule has 0 bridgehead atoms. The van der Waals surface area contributed by atoms with Gasteiger partial charge < -0.3 is 10.9 Å². The highest BCUT2D eigenvalue weighted by Crippen LogP contribution is 2.16. The Hall–Kier alpha value is -2.37. The second-order valence-electron chi connectivity index (χ2n) is 4.99. The van der Waals surface area contributed by atoms with E-state index in [9.17, 15) is 4.39 Å². The van der Waals surface area contributed by atoms with E-state index in [4.69, 9.17) is 10.9 Å². The van der Waals surface area contributed by atoms with Crippen molar-refractivity contribution < 1.29 is 9.60 Å². The standard InChI is InChI=1S/C15H19FN4O/c1-4-14-9(2)18-20(10(14)3)8-11-5-12(15(17)19-21)7-13(16)6-11/h5-7,21H,4,8H2,1-3H3,(H2,17,19). The summed E-state index contributed by atoms with van der Waals surface area (Å²) in [5.74, 6) is -0.537. The summed E-state index contributed by atoms with van der Waals surface area (Å²) >= 11 is 0. The molecule has 0 spiro atoms. The van der Waals surface area contributed by atoms with Gasteiger partial charge in [-0.15, -0.1) is 0 Å². The number of hydrogen-bond donors (Lipinski definition) is 2. The summed E-state index contributed by atoms with van der Waals surface area (Å²) in [6, 6.07) is 4.35. The summed E-state index contributed by atoms with van der Waals surface area (Å²) in [7, 11) is 0. The third-order valence-corrected chi connectivity index (χ3v) is 3.58. The molecule has 0 fully saturated rings. The molecular weight excluding hydrogens is 271 g/mol. The fourth-order valence-corrected chi connectivity index (χ4v) is 2.52. The molecule has 6 heteroatoms. The number of amidine groups is 1. The molecule has 0 amide bonds. The summed E-state index contributed by atoms with van der Waals surface area (Å²) in [5.41, 5.74) is 9.85. The minimum atomic E-state index is -0.425. The van der Waals surface area contributed by atoms with E-state index in [1.54, 1.807) is 6.07 Å². The van der Waals surface area contributed by atoms with Gasteiger partial charge in [0.2, 0.25) is 0 Å². The minimum Gasteiger partial charge on any atom is -0.409 e. The van der Waals surface area contributed by atoms with Crippen LogP contribution in [0.25, 0.3) is 0 Å². The molecule has 0 saturated heterocycles. The molecule has 0 radical (unpaired) electrons. The lowest BCUT2D eigenvalue weighted by Crippen LogP contribution is -2.14. The van der Waals surface area contributed by atoms with Gasteiger partial charge in [0.15, 0.2) is 5.84 Å². The fraction of sp³-hybridized carbons (Fsp3) is 0.333. The monoisotopic (exact) mass is 290 g/mol. The molecule has 0 unspecified atom stereocenters. The molecule has 0 aliphatic carbocycles. The number of hydrogen-bond acceptors (Lipinski definition) is 3. The molecule has 1 aromatic carbocycles. The van der Waals surface area contributed by atoms with Gasteiger partial charge in [-0.1, -0.05) is 12.1 Å². The number of rotatable bonds is 4. The zero-order valence-electron chi connectivity index (χ0n) is 12.4. The third kappa shape index (κ3) is 3.04. The maximum Gasteiger partial charge on any atom is 0.170 e. The lowest BCUT2D eigenvalue weighted by Gasteiger charge is -2.08. The normalized spacial score (nSPS) is 11.9. The zero-order chi connectivity index (χ0) is 15.6. The Morgan fingerprint density at radius 2 is 2.10 bits per heavy atom. The van der Waals surface area contributed by atoms with Gasteiger partial charge in [-0.2, -0.15) is 5.10 Å². The maximum atomic E-state index is 13.7. The molecule has 21 heavy (non-hydrogen) atoms. The Bertz CT molecular complexity index is 691. The lowest BCUT2D eigenvalue weighted by atomic mass is 10.1. The summed E-state index contributed by atoms with van der Waals surface area (Å²) in [4.78, 5) is 0. The van der Waals surface area contributed by atoms with E-state index in [1.165, 1.54) is 17.7 Å². The Kier molecular flexibility index (Phi) is 4.26. The van der Waals surface area contributed by atoms with Crippen molar-refractivity contribution in [3.05, 3.63) is 52.1 Å². The molecule has 2 aromatic rings. The van der Waals surface area contributed by atoms with Crippen molar-refractivity contribution in [2.24, 2.45) is 10.9 Å². The van der Waals surface area contributed by atoms with Crippen molar-refractivity contribution in [2.75, 3.05) is 0 Å². The first-order valence-electron chi connectivity index (χ1n) is 6.76. The second kappa shape index (κ2) is 5.95. The van der Waals surface area contributed by atoms with Crippen LogP contribution in [-0.4, -0.2) is 20.8 Å². The molecule has 1 heterocycles. The first kappa shape index (κ1) is 15.0. The van der Waals surface area contributed by atoms with E-state index in [-0.39, 0.29) is 5.84 Å². The van der Waals surface area contributed by atoms with Gasteiger partial charge in [0.1, 0.15) is 5.82 Å². The van der Waals surface area contributed by atoms with Crippen molar-refractivity contribution in [3.63, 3.8) is 0 Å². The van der Waals surface area contributed by atoms with E-state index in [1.807, 2.05) is 18.5 Å². The van der Waals surface area contributed by atoms with Crippen LogP contribution >= 0.6 is 0 Å². The predicted octanol–water partition coefficient (Wildman–Crippen LogP) is 2.34. The molecule has 112 valence electrons. The third-order valence-electron chi connectivity index (χ3n) is 3.58. The van der Waals surface area contributed by atoms with Gasteiger partial charge in [-0.05, 0) is 49.6 Å². The van der Waals surface area contributed by atoms with Gasteiger partial charge >= 0.3 is 0 Å². The smallest absolute Gasteiger partial charge is 0.170 e. The van der Waals surface area contributed by atoms with E-state index >= 15 is 0 Å². The maximum absolute atomic E-state index is 13.7. The number of halogens is 1. The van der Waals surface area contributed by atoms with Crippen LogP contribution in [0.1, 0.15) is 35.0 Å². The highest BCUT2D eigenvalue weighted by atomic mass is 19.1. The number of aromatic nitrogens is 2.